The highest BCUT2D eigenvalue weighted by Gasteiger charge is 2.19. The Labute approximate surface area is 141 Å². The minimum atomic E-state index is -0.382. The molecule has 0 aliphatic rings. The molecule has 1 N–H and O–H groups in total. The fourth-order valence-electron chi connectivity index (χ4n) is 2.28. The van der Waals surface area contributed by atoms with Gasteiger partial charge in [-0.25, -0.2) is 4.98 Å². The lowest BCUT2D eigenvalue weighted by Crippen LogP contribution is -2.33. The van der Waals surface area contributed by atoms with E-state index < -0.39 is 0 Å². The van der Waals surface area contributed by atoms with Crippen molar-refractivity contribution in [3.8, 4) is 0 Å². The first-order valence-corrected chi connectivity index (χ1v) is 7.84. The second-order valence-electron chi connectivity index (χ2n) is 6.14. The third kappa shape index (κ3) is 3.64. The van der Waals surface area contributed by atoms with E-state index in [0.29, 0.717) is 22.8 Å². The van der Waals surface area contributed by atoms with E-state index in [0.717, 1.165) is 5.56 Å². The highest BCUT2D eigenvalue weighted by Crippen LogP contribution is 2.19. The predicted molar refractivity (Wildman–Crippen MR) is 92.3 cm³/mol. The summed E-state index contributed by atoms with van der Waals surface area (Å²) in [5.41, 5.74) is 2.50. The summed E-state index contributed by atoms with van der Waals surface area (Å²) in [4.78, 5) is 30.6. The number of hydrogen-bond acceptors (Lipinski definition) is 4. The number of nitrogens with zero attached hydrogens (tertiary/aromatic N) is 2. The van der Waals surface area contributed by atoms with Crippen LogP contribution in [0.2, 0.25) is 0 Å². The molecule has 0 unspecified atom stereocenters. The van der Waals surface area contributed by atoms with Crippen molar-refractivity contribution in [2.24, 2.45) is 0 Å². The van der Waals surface area contributed by atoms with Crippen molar-refractivity contribution in [3.05, 3.63) is 46.7 Å². The summed E-state index contributed by atoms with van der Waals surface area (Å²) in [7, 11) is 1.76. The lowest BCUT2D eigenvalue weighted by molar-refractivity contribution is 0.0754. The number of aryl methyl sites for hydroxylation is 3. The molecule has 0 atom stereocenters. The smallest absolute Gasteiger partial charge is 0.293 e. The van der Waals surface area contributed by atoms with E-state index in [4.69, 9.17) is 4.42 Å². The average Bonchev–Trinajstić information content (AvgIpc) is 2.86. The first-order chi connectivity index (χ1) is 11.2. The summed E-state index contributed by atoms with van der Waals surface area (Å²) in [6.45, 7) is 9.18. The van der Waals surface area contributed by atoms with E-state index in [9.17, 15) is 9.59 Å². The van der Waals surface area contributed by atoms with Gasteiger partial charge < -0.3 is 14.6 Å². The van der Waals surface area contributed by atoms with Crippen LogP contribution in [0.15, 0.2) is 22.6 Å². The quantitative estimate of drug-likeness (QED) is 0.933. The lowest BCUT2D eigenvalue weighted by atomic mass is 10.1. The molecule has 0 saturated carbocycles. The molecule has 2 aromatic rings. The van der Waals surface area contributed by atoms with Crippen LogP contribution < -0.4 is 5.32 Å². The normalized spacial score (nSPS) is 10.8. The Morgan fingerprint density at radius 1 is 1.21 bits per heavy atom. The molecule has 0 saturated heterocycles. The first-order valence-electron chi connectivity index (χ1n) is 7.84. The number of aromatic nitrogens is 1. The molecule has 24 heavy (non-hydrogen) atoms. The van der Waals surface area contributed by atoms with Crippen molar-refractivity contribution in [1.82, 2.24) is 9.88 Å². The Balaban J connectivity index is 2.26. The van der Waals surface area contributed by atoms with Crippen molar-refractivity contribution >= 4 is 17.5 Å². The van der Waals surface area contributed by atoms with Gasteiger partial charge in [0.15, 0.2) is 5.89 Å². The van der Waals surface area contributed by atoms with Crippen molar-refractivity contribution in [2.75, 3.05) is 12.4 Å². The molecule has 0 bridgehead atoms. The SMILES string of the molecule is Cc1nc(C)c(C(=O)Nc2ccc(C)c(C(=O)N(C)C(C)C)c2)o1. The summed E-state index contributed by atoms with van der Waals surface area (Å²) < 4.78 is 5.32. The molecule has 128 valence electrons. The molecule has 0 spiro atoms. The maximum Gasteiger partial charge on any atom is 0.293 e. The number of carbonyl (C=O) groups excluding carboxylic acids is 2. The summed E-state index contributed by atoms with van der Waals surface area (Å²) in [5, 5.41) is 2.76. The van der Waals surface area contributed by atoms with Gasteiger partial charge in [0.2, 0.25) is 5.76 Å². The second-order valence-corrected chi connectivity index (χ2v) is 6.14. The van der Waals surface area contributed by atoms with Gasteiger partial charge in [0.1, 0.15) is 0 Å². The first kappa shape index (κ1) is 17.7. The van der Waals surface area contributed by atoms with Crippen LogP contribution in [0.4, 0.5) is 5.69 Å². The van der Waals surface area contributed by atoms with Crippen LogP contribution in [0, 0.1) is 20.8 Å². The van der Waals surface area contributed by atoms with Gasteiger partial charge in [0, 0.05) is 31.3 Å². The molecule has 6 heteroatoms. The Morgan fingerprint density at radius 3 is 2.42 bits per heavy atom. The number of amides is 2. The van der Waals surface area contributed by atoms with Gasteiger partial charge in [0.05, 0.1) is 5.69 Å². The Bertz CT molecular complexity index is 778. The van der Waals surface area contributed by atoms with Crippen LogP contribution >= 0.6 is 0 Å². The molecule has 2 rings (SSSR count). The number of rotatable bonds is 4. The maximum atomic E-state index is 12.6. The summed E-state index contributed by atoms with van der Waals surface area (Å²) in [5.74, 6) is 0.161. The third-order valence-corrected chi connectivity index (χ3v) is 3.93. The van der Waals surface area contributed by atoms with Gasteiger partial charge in [0.25, 0.3) is 11.8 Å². The molecule has 0 aliphatic heterocycles. The van der Waals surface area contributed by atoms with E-state index in [1.54, 1.807) is 37.9 Å². The van der Waals surface area contributed by atoms with Crippen LogP contribution in [0.5, 0.6) is 0 Å². The zero-order valence-electron chi connectivity index (χ0n) is 14.9. The van der Waals surface area contributed by atoms with E-state index in [-0.39, 0.29) is 23.6 Å². The fraction of sp³-hybridized carbons (Fsp3) is 0.389. The van der Waals surface area contributed by atoms with Crippen LogP contribution in [0.1, 0.15) is 51.9 Å². The number of oxazole rings is 1. The van der Waals surface area contributed by atoms with E-state index in [1.807, 2.05) is 26.8 Å². The highest BCUT2D eigenvalue weighted by atomic mass is 16.4. The van der Waals surface area contributed by atoms with E-state index in [1.165, 1.54) is 0 Å². The maximum absolute atomic E-state index is 12.6. The van der Waals surface area contributed by atoms with Gasteiger partial charge in [-0.15, -0.1) is 0 Å². The van der Waals surface area contributed by atoms with Crippen molar-refractivity contribution in [3.63, 3.8) is 0 Å². The van der Waals surface area contributed by atoms with Gasteiger partial charge in [-0.05, 0) is 45.4 Å². The van der Waals surface area contributed by atoms with Crippen LogP contribution in [0.3, 0.4) is 0 Å². The molecule has 1 heterocycles. The molecular formula is C18H23N3O3. The second kappa shape index (κ2) is 6.86. The van der Waals surface area contributed by atoms with Gasteiger partial charge in [-0.2, -0.15) is 0 Å². The number of anilines is 1. The van der Waals surface area contributed by atoms with Crippen LogP contribution in [-0.2, 0) is 0 Å². The number of benzene rings is 1. The Kier molecular flexibility index (Phi) is 5.07. The Morgan fingerprint density at radius 2 is 1.88 bits per heavy atom. The third-order valence-electron chi connectivity index (χ3n) is 3.93. The molecular weight excluding hydrogens is 306 g/mol. The molecule has 2 amide bonds. The minimum Gasteiger partial charge on any atom is -0.436 e. The van der Waals surface area contributed by atoms with E-state index >= 15 is 0 Å². The predicted octanol–water partition coefficient (Wildman–Crippen LogP) is 3.33. The van der Waals surface area contributed by atoms with Crippen molar-refractivity contribution < 1.29 is 14.0 Å². The molecule has 0 radical (unpaired) electrons. The van der Waals surface area contributed by atoms with Crippen molar-refractivity contribution in [1.29, 1.82) is 0 Å². The fourth-order valence-corrected chi connectivity index (χ4v) is 2.28. The minimum absolute atomic E-state index is 0.0784. The topological polar surface area (TPSA) is 75.4 Å². The van der Waals surface area contributed by atoms with Crippen LogP contribution in [-0.4, -0.2) is 34.8 Å². The zero-order valence-corrected chi connectivity index (χ0v) is 14.9. The lowest BCUT2D eigenvalue weighted by Gasteiger charge is -2.22. The number of nitrogens with one attached hydrogen (secondary N) is 1. The molecule has 0 aliphatic carbocycles. The summed E-state index contributed by atoms with van der Waals surface area (Å²) >= 11 is 0. The number of carbonyl (C=O) groups is 2. The number of hydrogen-bond donors (Lipinski definition) is 1. The standard InChI is InChI=1S/C18H23N3O3/c1-10(2)21(6)18(23)15-9-14(8-7-11(15)3)20-17(22)16-12(4)19-13(5)24-16/h7-10H,1-6H3,(H,20,22). The van der Waals surface area contributed by atoms with E-state index in [2.05, 4.69) is 10.3 Å². The Hall–Kier alpha value is -2.63. The summed E-state index contributed by atoms with van der Waals surface area (Å²) in [6.07, 6.45) is 0. The largest absolute Gasteiger partial charge is 0.436 e. The van der Waals surface area contributed by atoms with Crippen molar-refractivity contribution in [2.45, 2.75) is 40.7 Å². The summed E-state index contributed by atoms with van der Waals surface area (Å²) in [6, 6.07) is 5.36. The molecule has 6 nitrogen and oxygen atoms in total. The van der Waals surface area contributed by atoms with Gasteiger partial charge >= 0.3 is 0 Å². The average molecular weight is 329 g/mol. The zero-order chi connectivity index (χ0) is 18.0. The van der Waals surface area contributed by atoms with Gasteiger partial charge in [-0.1, -0.05) is 6.07 Å². The molecule has 0 fully saturated rings. The van der Waals surface area contributed by atoms with Gasteiger partial charge in [-0.3, -0.25) is 9.59 Å². The highest BCUT2D eigenvalue weighted by molar-refractivity contribution is 6.04. The monoisotopic (exact) mass is 329 g/mol. The van der Waals surface area contributed by atoms with Crippen LogP contribution in [0.25, 0.3) is 0 Å². The molecule has 1 aromatic heterocycles. The molecule has 1 aromatic carbocycles.